The normalized spacial score (nSPS) is 13.8. The van der Waals surface area contributed by atoms with Crippen molar-refractivity contribution in [3.8, 4) is 11.3 Å². The standard InChI is InChI=1S/C15H18BrN3/c1-10-4-5-11(16)9-12(10)15-13-3-2-8-19(13)14(18-15)6-7-17/h4-5,9H,2-3,6-8,17H2,1H3. The number of halogens is 1. The molecule has 1 aliphatic rings. The minimum absolute atomic E-state index is 0.660. The zero-order valence-corrected chi connectivity index (χ0v) is 12.7. The first-order valence-electron chi connectivity index (χ1n) is 6.75. The lowest BCUT2D eigenvalue weighted by atomic mass is 10.0. The molecule has 0 bridgehead atoms. The summed E-state index contributed by atoms with van der Waals surface area (Å²) in [4.78, 5) is 4.86. The molecule has 0 unspecified atom stereocenters. The van der Waals surface area contributed by atoms with Crippen LogP contribution in [0.2, 0.25) is 0 Å². The predicted molar refractivity (Wildman–Crippen MR) is 81.2 cm³/mol. The highest BCUT2D eigenvalue weighted by Crippen LogP contribution is 2.33. The van der Waals surface area contributed by atoms with Crippen LogP contribution in [-0.2, 0) is 19.4 Å². The Hall–Kier alpha value is -1.13. The molecule has 1 aromatic carbocycles. The van der Waals surface area contributed by atoms with E-state index < -0.39 is 0 Å². The lowest BCUT2D eigenvalue weighted by Crippen LogP contribution is -2.08. The van der Waals surface area contributed by atoms with Gasteiger partial charge >= 0.3 is 0 Å². The minimum atomic E-state index is 0.660. The van der Waals surface area contributed by atoms with Gasteiger partial charge in [-0.05, 0) is 44.0 Å². The molecule has 0 radical (unpaired) electrons. The number of rotatable bonds is 3. The smallest absolute Gasteiger partial charge is 0.110 e. The van der Waals surface area contributed by atoms with E-state index in [2.05, 4.69) is 45.6 Å². The molecule has 0 fully saturated rings. The molecule has 2 heterocycles. The molecular weight excluding hydrogens is 302 g/mol. The van der Waals surface area contributed by atoms with Gasteiger partial charge in [0.2, 0.25) is 0 Å². The monoisotopic (exact) mass is 319 g/mol. The Bertz CT molecular complexity index is 616. The summed E-state index contributed by atoms with van der Waals surface area (Å²) in [5, 5.41) is 0. The van der Waals surface area contributed by atoms with Gasteiger partial charge < -0.3 is 10.3 Å². The molecule has 2 aromatic rings. The second-order valence-electron chi connectivity index (χ2n) is 5.08. The fourth-order valence-electron chi connectivity index (χ4n) is 2.84. The molecule has 2 N–H and O–H groups in total. The Morgan fingerprint density at radius 1 is 1.42 bits per heavy atom. The molecule has 4 heteroatoms. The van der Waals surface area contributed by atoms with E-state index in [4.69, 9.17) is 10.7 Å². The van der Waals surface area contributed by atoms with Crippen molar-refractivity contribution in [3.63, 3.8) is 0 Å². The van der Waals surface area contributed by atoms with Gasteiger partial charge in [0.1, 0.15) is 5.82 Å². The number of nitrogens with zero attached hydrogens (tertiary/aromatic N) is 2. The van der Waals surface area contributed by atoms with Crippen LogP contribution in [0.5, 0.6) is 0 Å². The number of fused-ring (bicyclic) bond motifs is 1. The zero-order chi connectivity index (χ0) is 13.4. The van der Waals surface area contributed by atoms with Crippen molar-refractivity contribution in [3.05, 3.63) is 39.8 Å². The number of benzene rings is 1. The molecule has 0 saturated carbocycles. The van der Waals surface area contributed by atoms with Crippen LogP contribution in [0, 0.1) is 6.92 Å². The summed E-state index contributed by atoms with van der Waals surface area (Å²) >= 11 is 3.56. The maximum atomic E-state index is 5.70. The molecule has 0 aliphatic carbocycles. The van der Waals surface area contributed by atoms with Crippen LogP contribution in [0.3, 0.4) is 0 Å². The molecule has 0 amide bonds. The highest BCUT2D eigenvalue weighted by molar-refractivity contribution is 9.10. The van der Waals surface area contributed by atoms with Crippen molar-refractivity contribution in [2.45, 2.75) is 32.7 Å². The zero-order valence-electron chi connectivity index (χ0n) is 11.1. The molecule has 0 spiro atoms. The Labute approximate surface area is 122 Å². The third-order valence-corrected chi connectivity index (χ3v) is 4.26. The second kappa shape index (κ2) is 5.10. The van der Waals surface area contributed by atoms with Gasteiger partial charge in [0.15, 0.2) is 0 Å². The van der Waals surface area contributed by atoms with Crippen molar-refractivity contribution in [1.82, 2.24) is 9.55 Å². The summed E-state index contributed by atoms with van der Waals surface area (Å²) in [5.41, 5.74) is 10.7. The van der Waals surface area contributed by atoms with Crippen molar-refractivity contribution in [2.75, 3.05) is 6.54 Å². The topological polar surface area (TPSA) is 43.8 Å². The van der Waals surface area contributed by atoms with Crippen LogP contribution < -0.4 is 5.73 Å². The van der Waals surface area contributed by atoms with Crippen LogP contribution in [0.25, 0.3) is 11.3 Å². The number of hydrogen-bond acceptors (Lipinski definition) is 2. The number of nitrogens with two attached hydrogens (primary N) is 1. The Morgan fingerprint density at radius 2 is 2.26 bits per heavy atom. The summed E-state index contributed by atoms with van der Waals surface area (Å²) < 4.78 is 3.47. The van der Waals surface area contributed by atoms with Gasteiger partial charge in [-0.2, -0.15) is 0 Å². The Balaban J connectivity index is 2.15. The van der Waals surface area contributed by atoms with E-state index in [0.717, 1.165) is 35.4 Å². The van der Waals surface area contributed by atoms with Gasteiger partial charge in [-0.15, -0.1) is 0 Å². The van der Waals surface area contributed by atoms with E-state index in [-0.39, 0.29) is 0 Å². The van der Waals surface area contributed by atoms with Crippen molar-refractivity contribution >= 4 is 15.9 Å². The fourth-order valence-corrected chi connectivity index (χ4v) is 3.21. The summed E-state index contributed by atoms with van der Waals surface area (Å²) in [6.07, 6.45) is 3.20. The molecule has 1 aliphatic heterocycles. The van der Waals surface area contributed by atoms with Gasteiger partial charge in [0, 0.05) is 28.7 Å². The van der Waals surface area contributed by atoms with Gasteiger partial charge in [-0.25, -0.2) is 4.98 Å². The maximum absolute atomic E-state index is 5.70. The number of imidazole rings is 1. The first-order valence-corrected chi connectivity index (χ1v) is 7.55. The van der Waals surface area contributed by atoms with Gasteiger partial charge in [0.25, 0.3) is 0 Å². The van der Waals surface area contributed by atoms with E-state index in [0.29, 0.717) is 6.54 Å². The van der Waals surface area contributed by atoms with Crippen LogP contribution in [0.15, 0.2) is 22.7 Å². The van der Waals surface area contributed by atoms with E-state index in [1.807, 2.05) is 0 Å². The first kappa shape index (κ1) is 12.9. The highest BCUT2D eigenvalue weighted by Gasteiger charge is 2.22. The molecule has 0 atom stereocenters. The van der Waals surface area contributed by atoms with E-state index in [9.17, 15) is 0 Å². The number of aromatic nitrogens is 2. The average molecular weight is 320 g/mol. The van der Waals surface area contributed by atoms with Crippen molar-refractivity contribution in [1.29, 1.82) is 0 Å². The summed E-state index contributed by atoms with van der Waals surface area (Å²) in [5.74, 6) is 1.14. The van der Waals surface area contributed by atoms with Crippen LogP contribution in [0.4, 0.5) is 0 Å². The molecule has 3 rings (SSSR count). The molecule has 1 aromatic heterocycles. The van der Waals surface area contributed by atoms with Crippen LogP contribution >= 0.6 is 15.9 Å². The van der Waals surface area contributed by atoms with E-state index >= 15 is 0 Å². The van der Waals surface area contributed by atoms with Gasteiger partial charge in [-0.1, -0.05) is 22.0 Å². The molecule has 19 heavy (non-hydrogen) atoms. The molecule has 100 valence electrons. The summed E-state index contributed by atoms with van der Waals surface area (Å²) in [6.45, 7) is 3.89. The first-order chi connectivity index (χ1) is 9.20. The summed E-state index contributed by atoms with van der Waals surface area (Å²) in [6, 6.07) is 6.39. The Morgan fingerprint density at radius 3 is 3.05 bits per heavy atom. The molecule has 3 nitrogen and oxygen atoms in total. The third kappa shape index (κ3) is 2.23. The molecular formula is C15H18BrN3. The van der Waals surface area contributed by atoms with Crippen molar-refractivity contribution in [2.24, 2.45) is 5.73 Å². The van der Waals surface area contributed by atoms with E-state index in [1.165, 1.54) is 23.2 Å². The lowest BCUT2D eigenvalue weighted by molar-refractivity contribution is 0.685. The quantitative estimate of drug-likeness (QED) is 0.944. The van der Waals surface area contributed by atoms with Crippen LogP contribution in [0.1, 0.15) is 23.5 Å². The average Bonchev–Trinajstić information content (AvgIpc) is 2.97. The largest absolute Gasteiger partial charge is 0.331 e. The summed E-state index contributed by atoms with van der Waals surface area (Å²) in [7, 11) is 0. The van der Waals surface area contributed by atoms with Crippen molar-refractivity contribution < 1.29 is 0 Å². The fraction of sp³-hybridized carbons (Fsp3) is 0.400. The van der Waals surface area contributed by atoms with E-state index in [1.54, 1.807) is 0 Å². The van der Waals surface area contributed by atoms with Gasteiger partial charge in [0.05, 0.1) is 5.69 Å². The second-order valence-corrected chi connectivity index (χ2v) is 5.99. The Kier molecular flexibility index (Phi) is 3.46. The minimum Gasteiger partial charge on any atom is -0.331 e. The third-order valence-electron chi connectivity index (χ3n) is 3.77. The molecule has 0 saturated heterocycles. The maximum Gasteiger partial charge on any atom is 0.110 e. The van der Waals surface area contributed by atoms with Crippen LogP contribution in [-0.4, -0.2) is 16.1 Å². The SMILES string of the molecule is Cc1ccc(Br)cc1-c1nc(CCN)n2c1CCC2. The lowest BCUT2D eigenvalue weighted by Gasteiger charge is -2.05. The predicted octanol–water partition coefficient (Wildman–Crippen LogP) is 3.07. The highest BCUT2D eigenvalue weighted by atomic mass is 79.9. The number of hydrogen-bond donors (Lipinski definition) is 1. The number of aryl methyl sites for hydroxylation is 1. The van der Waals surface area contributed by atoms with Gasteiger partial charge in [-0.3, -0.25) is 0 Å².